The number of nitrogens with zero attached hydrogens (tertiary/aromatic N) is 2. The molecular formula is C32H29N3O3. The van der Waals surface area contributed by atoms with Crippen LogP contribution >= 0.6 is 0 Å². The summed E-state index contributed by atoms with van der Waals surface area (Å²) in [4.78, 5) is 26.0. The fourth-order valence-electron chi connectivity index (χ4n) is 4.75. The van der Waals surface area contributed by atoms with E-state index in [1.165, 1.54) is 0 Å². The van der Waals surface area contributed by atoms with Crippen molar-refractivity contribution >= 4 is 11.7 Å². The molecule has 0 saturated heterocycles. The highest BCUT2D eigenvalue weighted by Crippen LogP contribution is 2.33. The smallest absolute Gasteiger partial charge is 0.325 e. The number of rotatable bonds is 8. The number of aromatic nitrogens is 2. The molecule has 0 fully saturated rings. The van der Waals surface area contributed by atoms with Crippen molar-refractivity contribution in [3.8, 4) is 39.2 Å². The lowest BCUT2D eigenvalue weighted by Crippen LogP contribution is -2.21. The number of carbonyl (C=O) groups is 1. The monoisotopic (exact) mass is 503 g/mol. The Morgan fingerprint density at radius 2 is 1.42 bits per heavy atom. The fourth-order valence-corrected chi connectivity index (χ4v) is 4.75. The maximum Gasteiger partial charge on any atom is 0.325 e. The van der Waals surface area contributed by atoms with Gasteiger partial charge in [-0.3, -0.25) is 14.3 Å². The molecule has 190 valence electrons. The van der Waals surface area contributed by atoms with Crippen LogP contribution in [0.1, 0.15) is 6.92 Å². The van der Waals surface area contributed by atoms with E-state index in [9.17, 15) is 9.59 Å². The van der Waals surface area contributed by atoms with Crippen LogP contribution in [0.2, 0.25) is 0 Å². The number of ether oxygens (including phenoxy) is 1. The molecule has 0 radical (unpaired) electrons. The molecule has 0 unspecified atom stereocenters. The van der Waals surface area contributed by atoms with Crippen LogP contribution in [0.4, 0.5) is 5.69 Å². The Bertz CT molecular complexity index is 1620. The maximum atomic E-state index is 14.2. The van der Waals surface area contributed by atoms with Crippen molar-refractivity contribution < 1.29 is 9.53 Å². The highest BCUT2D eigenvalue weighted by Gasteiger charge is 2.23. The van der Waals surface area contributed by atoms with Gasteiger partial charge in [0.1, 0.15) is 6.54 Å². The van der Waals surface area contributed by atoms with Crippen LogP contribution in [0, 0.1) is 0 Å². The zero-order valence-electron chi connectivity index (χ0n) is 21.4. The molecule has 5 aromatic rings. The number of benzene rings is 4. The van der Waals surface area contributed by atoms with Crippen molar-refractivity contribution in [2.24, 2.45) is 7.05 Å². The minimum Gasteiger partial charge on any atom is -0.465 e. The Hall–Kier alpha value is -4.84. The average molecular weight is 504 g/mol. The lowest BCUT2D eigenvalue weighted by atomic mass is 10.0. The molecule has 0 atom stereocenters. The molecule has 0 saturated carbocycles. The lowest BCUT2D eigenvalue weighted by Gasteiger charge is -2.15. The summed E-state index contributed by atoms with van der Waals surface area (Å²) in [5.74, 6) is -0.310. The number of para-hydroxylation sites is 1. The van der Waals surface area contributed by atoms with Gasteiger partial charge in [-0.25, -0.2) is 4.68 Å². The van der Waals surface area contributed by atoms with Gasteiger partial charge in [0.05, 0.1) is 23.6 Å². The number of anilines is 1. The van der Waals surface area contributed by atoms with E-state index in [1.54, 1.807) is 11.6 Å². The molecule has 1 aromatic heterocycles. The van der Waals surface area contributed by atoms with E-state index < -0.39 is 0 Å². The van der Waals surface area contributed by atoms with Gasteiger partial charge in [0, 0.05) is 23.9 Å². The molecule has 0 aliphatic rings. The first-order chi connectivity index (χ1) is 18.6. The first kappa shape index (κ1) is 24.8. The van der Waals surface area contributed by atoms with Crippen LogP contribution in [-0.2, 0) is 16.6 Å². The first-order valence-electron chi connectivity index (χ1n) is 12.6. The molecule has 1 heterocycles. The number of nitrogens with one attached hydrogen (secondary N) is 1. The Kier molecular flexibility index (Phi) is 7.22. The van der Waals surface area contributed by atoms with Crippen LogP contribution in [0.5, 0.6) is 0 Å². The SMILES string of the molecule is CCOC(=O)CNc1cccc(-c2ccccc2-n2c(=O)c(-c3ccccc3)c(-c3ccccc3)n2C)c1. The summed E-state index contributed by atoms with van der Waals surface area (Å²) in [6.45, 7) is 2.21. The van der Waals surface area contributed by atoms with Crippen LogP contribution in [0.15, 0.2) is 114 Å². The van der Waals surface area contributed by atoms with Gasteiger partial charge in [-0.1, -0.05) is 91.0 Å². The van der Waals surface area contributed by atoms with E-state index in [0.29, 0.717) is 12.2 Å². The molecule has 0 aliphatic carbocycles. The zero-order valence-corrected chi connectivity index (χ0v) is 21.4. The molecule has 6 nitrogen and oxygen atoms in total. The van der Waals surface area contributed by atoms with Gasteiger partial charge in [0.15, 0.2) is 0 Å². The summed E-state index contributed by atoms with van der Waals surface area (Å²) in [6, 6.07) is 35.4. The number of hydrogen-bond acceptors (Lipinski definition) is 4. The van der Waals surface area contributed by atoms with E-state index in [2.05, 4.69) is 5.32 Å². The molecular weight excluding hydrogens is 474 g/mol. The van der Waals surface area contributed by atoms with Crippen LogP contribution in [0.25, 0.3) is 39.2 Å². The molecule has 38 heavy (non-hydrogen) atoms. The van der Waals surface area contributed by atoms with Crippen molar-refractivity contribution in [2.45, 2.75) is 6.92 Å². The minimum atomic E-state index is -0.310. The van der Waals surface area contributed by atoms with Crippen LogP contribution in [0.3, 0.4) is 0 Å². The molecule has 0 aliphatic heterocycles. The van der Waals surface area contributed by atoms with Crippen LogP contribution < -0.4 is 10.9 Å². The Morgan fingerprint density at radius 1 is 0.789 bits per heavy atom. The van der Waals surface area contributed by atoms with Crippen molar-refractivity contribution in [3.05, 3.63) is 120 Å². The van der Waals surface area contributed by atoms with Crippen LogP contribution in [-0.4, -0.2) is 28.5 Å². The third-order valence-electron chi connectivity index (χ3n) is 6.42. The fraction of sp³-hybridized carbons (Fsp3) is 0.125. The van der Waals surface area contributed by atoms with Gasteiger partial charge in [0.25, 0.3) is 5.56 Å². The predicted octanol–water partition coefficient (Wildman–Crippen LogP) is 6.15. The molecule has 0 amide bonds. The molecule has 5 rings (SSSR count). The van der Waals surface area contributed by atoms with Gasteiger partial charge in [0.2, 0.25) is 0 Å². The predicted molar refractivity (Wildman–Crippen MR) is 152 cm³/mol. The minimum absolute atomic E-state index is 0.0804. The summed E-state index contributed by atoms with van der Waals surface area (Å²) >= 11 is 0. The Morgan fingerprint density at radius 3 is 2.13 bits per heavy atom. The van der Waals surface area contributed by atoms with Crippen molar-refractivity contribution in [2.75, 3.05) is 18.5 Å². The van der Waals surface area contributed by atoms with Crippen molar-refractivity contribution in [1.82, 2.24) is 9.36 Å². The first-order valence-corrected chi connectivity index (χ1v) is 12.6. The Labute approximate surface area is 221 Å². The van der Waals surface area contributed by atoms with Gasteiger partial charge in [-0.15, -0.1) is 0 Å². The molecule has 4 aromatic carbocycles. The third kappa shape index (κ3) is 4.89. The summed E-state index contributed by atoms with van der Waals surface area (Å²) in [7, 11) is 1.92. The Balaban J connectivity index is 1.65. The second kappa shape index (κ2) is 11.0. The van der Waals surface area contributed by atoms with Gasteiger partial charge in [-0.05, 0) is 36.2 Å². The second-order valence-corrected chi connectivity index (χ2v) is 8.85. The third-order valence-corrected chi connectivity index (χ3v) is 6.42. The van der Waals surface area contributed by atoms with E-state index in [4.69, 9.17) is 4.74 Å². The topological polar surface area (TPSA) is 65.3 Å². The number of esters is 1. The quantitative estimate of drug-likeness (QED) is 0.258. The lowest BCUT2D eigenvalue weighted by molar-refractivity contribution is -0.140. The summed E-state index contributed by atoms with van der Waals surface area (Å²) in [5, 5.41) is 3.13. The highest BCUT2D eigenvalue weighted by atomic mass is 16.5. The standard InChI is InChI=1S/C32H29N3O3/c1-3-38-29(36)22-33-26-18-12-17-25(21-26)27-19-10-11-20-28(27)35-32(37)30(23-13-6-4-7-14-23)31(34(35)2)24-15-8-5-9-16-24/h4-21,33H,3,22H2,1-2H3. The van der Waals surface area contributed by atoms with E-state index in [-0.39, 0.29) is 18.1 Å². The van der Waals surface area contributed by atoms with Crippen molar-refractivity contribution in [1.29, 1.82) is 0 Å². The van der Waals surface area contributed by atoms with Gasteiger partial charge in [-0.2, -0.15) is 0 Å². The summed E-state index contributed by atoms with van der Waals surface area (Å²) in [5.41, 5.74) is 6.61. The number of carbonyl (C=O) groups excluding carboxylic acids is 1. The van der Waals surface area contributed by atoms with E-state index in [0.717, 1.165) is 39.3 Å². The summed E-state index contributed by atoms with van der Waals surface area (Å²) in [6.07, 6.45) is 0. The maximum absolute atomic E-state index is 14.2. The number of hydrogen-bond donors (Lipinski definition) is 1. The normalized spacial score (nSPS) is 10.8. The molecule has 0 bridgehead atoms. The molecule has 6 heteroatoms. The van der Waals surface area contributed by atoms with Gasteiger partial charge < -0.3 is 10.1 Å². The summed E-state index contributed by atoms with van der Waals surface area (Å²) < 4.78 is 8.69. The molecule has 1 N–H and O–H groups in total. The van der Waals surface area contributed by atoms with E-state index in [1.807, 2.05) is 121 Å². The van der Waals surface area contributed by atoms with E-state index >= 15 is 0 Å². The zero-order chi connectivity index (χ0) is 26.5. The molecule has 0 spiro atoms. The van der Waals surface area contributed by atoms with Gasteiger partial charge >= 0.3 is 5.97 Å². The largest absolute Gasteiger partial charge is 0.465 e. The second-order valence-electron chi connectivity index (χ2n) is 8.85. The average Bonchev–Trinajstić information content (AvgIpc) is 3.22. The van der Waals surface area contributed by atoms with Crippen molar-refractivity contribution in [3.63, 3.8) is 0 Å². The highest BCUT2D eigenvalue weighted by molar-refractivity contribution is 5.83.